The molecular weight excluding hydrogens is 401 g/mol. The first-order valence-corrected chi connectivity index (χ1v) is 10.7. The number of piperazine rings is 1. The second-order valence-corrected chi connectivity index (χ2v) is 8.69. The van der Waals surface area contributed by atoms with Gasteiger partial charge in [-0.2, -0.15) is 4.31 Å². The monoisotopic (exact) mass is 423 g/mol. The molecule has 1 fully saturated rings. The van der Waals surface area contributed by atoms with Crippen LogP contribution < -0.4 is 5.56 Å². The number of benzene rings is 1. The van der Waals surface area contributed by atoms with Crippen LogP contribution in [0.2, 0.25) is 0 Å². The van der Waals surface area contributed by atoms with E-state index in [0.29, 0.717) is 11.3 Å². The Morgan fingerprint density at radius 2 is 1.72 bits per heavy atom. The van der Waals surface area contributed by atoms with E-state index in [1.165, 1.54) is 58.6 Å². The molecule has 1 aliphatic rings. The molecule has 1 saturated heterocycles. The van der Waals surface area contributed by atoms with Crippen molar-refractivity contribution in [3.63, 3.8) is 0 Å². The van der Waals surface area contributed by atoms with Gasteiger partial charge in [0.1, 0.15) is 5.82 Å². The number of hydrogen-bond acceptors (Lipinski definition) is 5. The number of carbonyl (C=O) groups excluding carboxylic acids is 1. The van der Waals surface area contributed by atoms with E-state index in [0.717, 1.165) is 0 Å². The van der Waals surface area contributed by atoms with Gasteiger partial charge in [-0.25, -0.2) is 12.8 Å². The maximum Gasteiger partial charge on any atom is 0.255 e. The van der Waals surface area contributed by atoms with Crippen LogP contribution in [0.25, 0.3) is 5.69 Å². The van der Waals surface area contributed by atoms with Crippen molar-refractivity contribution >= 4 is 15.9 Å². The lowest BCUT2D eigenvalue weighted by Gasteiger charge is -2.34. The van der Waals surface area contributed by atoms with Crippen LogP contribution in [0.1, 0.15) is 10.4 Å². The van der Waals surface area contributed by atoms with Crippen LogP contribution in [0.15, 0.2) is 47.4 Å². The lowest BCUT2D eigenvalue weighted by atomic mass is 10.2. The van der Waals surface area contributed by atoms with E-state index in [1.54, 1.807) is 4.90 Å². The Balaban J connectivity index is 1.73. The van der Waals surface area contributed by atoms with Crippen LogP contribution in [-0.4, -0.2) is 73.7 Å². The lowest BCUT2D eigenvalue weighted by Crippen LogP contribution is -2.51. The van der Waals surface area contributed by atoms with Crippen LogP contribution in [0, 0.1) is 5.82 Å². The summed E-state index contributed by atoms with van der Waals surface area (Å²) in [4.78, 5) is 26.5. The van der Waals surface area contributed by atoms with E-state index in [9.17, 15) is 22.4 Å². The first-order chi connectivity index (χ1) is 13.8. The van der Waals surface area contributed by atoms with Gasteiger partial charge in [0.05, 0.1) is 17.9 Å². The maximum atomic E-state index is 13.1. The Kier molecular flexibility index (Phi) is 6.46. The normalized spacial score (nSPS) is 15.4. The lowest BCUT2D eigenvalue weighted by molar-refractivity contribution is 0.0696. The zero-order chi connectivity index (χ0) is 21.0. The van der Waals surface area contributed by atoms with Gasteiger partial charge >= 0.3 is 0 Å². The van der Waals surface area contributed by atoms with Gasteiger partial charge in [-0.05, 0) is 30.3 Å². The first-order valence-electron chi connectivity index (χ1n) is 9.06. The van der Waals surface area contributed by atoms with Gasteiger partial charge in [-0.15, -0.1) is 0 Å². The Bertz CT molecular complexity index is 1030. The molecule has 3 rings (SSSR count). The van der Waals surface area contributed by atoms with Gasteiger partial charge in [-0.3, -0.25) is 14.2 Å². The van der Waals surface area contributed by atoms with Gasteiger partial charge < -0.3 is 9.64 Å². The van der Waals surface area contributed by atoms with E-state index in [2.05, 4.69) is 0 Å². The zero-order valence-electron chi connectivity index (χ0n) is 16.0. The fourth-order valence-electron chi connectivity index (χ4n) is 3.09. The second-order valence-electron chi connectivity index (χ2n) is 6.60. The molecule has 1 aromatic carbocycles. The van der Waals surface area contributed by atoms with Gasteiger partial charge in [0.25, 0.3) is 11.5 Å². The minimum Gasteiger partial charge on any atom is -0.384 e. The third-order valence-electron chi connectivity index (χ3n) is 4.73. The summed E-state index contributed by atoms with van der Waals surface area (Å²) in [5.74, 6) is -0.817. The van der Waals surface area contributed by atoms with Crippen LogP contribution in [0.4, 0.5) is 4.39 Å². The van der Waals surface area contributed by atoms with Gasteiger partial charge in [-0.1, -0.05) is 0 Å². The van der Waals surface area contributed by atoms with Crippen molar-refractivity contribution in [2.24, 2.45) is 0 Å². The molecule has 29 heavy (non-hydrogen) atoms. The fraction of sp³-hybridized carbons (Fsp3) is 0.368. The SMILES string of the molecule is COCCS(=O)(=O)N1CCN(C(=O)c2ccc(=O)n(-c3ccc(F)cc3)c2)CC1. The van der Waals surface area contributed by atoms with Crippen molar-refractivity contribution in [3.05, 3.63) is 64.3 Å². The number of methoxy groups -OCH3 is 1. The summed E-state index contributed by atoms with van der Waals surface area (Å²) in [6.45, 7) is 1.03. The summed E-state index contributed by atoms with van der Waals surface area (Å²) < 4.78 is 45.1. The minimum atomic E-state index is -3.42. The Labute approximate surface area is 168 Å². The van der Waals surface area contributed by atoms with Crippen molar-refractivity contribution in [2.75, 3.05) is 45.6 Å². The molecule has 1 amide bonds. The van der Waals surface area contributed by atoms with Gasteiger partial charge in [0.15, 0.2) is 0 Å². The number of amides is 1. The molecule has 2 aromatic rings. The van der Waals surface area contributed by atoms with E-state index in [-0.39, 0.29) is 50.0 Å². The Hall–Kier alpha value is -2.56. The standard InChI is InChI=1S/C19H22FN3O5S/c1-28-12-13-29(26,27)22-10-8-21(9-11-22)19(25)15-2-7-18(24)23(14-15)17-5-3-16(20)4-6-17/h2-7,14H,8-13H2,1H3. The molecule has 1 aromatic heterocycles. The van der Waals surface area contributed by atoms with E-state index in [1.807, 2.05) is 0 Å². The summed E-state index contributed by atoms with van der Waals surface area (Å²) in [6.07, 6.45) is 1.42. The van der Waals surface area contributed by atoms with Crippen LogP contribution in [0.3, 0.4) is 0 Å². The van der Waals surface area contributed by atoms with Crippen molar-refractivity contribution in [3.8, 4) is 5.69 Å². The summed E-state index contributed by atoms with van der Waals surface area (Å²) in [7, 11) is -1.97. The molecule has 0 bridgehead atoms. The molecule has 0 atom stereocenters. The number of ether oxygens (including phenoxy) is 1. The number of carbonyl (C=O) groups is 1. The molecule has 156 valence electrons. The average molecular weight is 423 g/mol. The predicted octanol–water partition coefficient (Wildman–Crippen LogP) is 0.711. The number of sulfonamides is 1. The molecule has 1 aliphatic heterocycles. The topological polar surface area (TPSA) is 88.9 Å². The largest absolute Gasteiger partial charge is 0.384 e. The average Bonchev–Trinajstić information content (AvgIpc) is 2.73. The van der Waals surface area contributed by atoms with Crippen LogP contribution in [-0.2, 0) is 14.8 Å². The number of halogens is 1. The molecule has 0 spiro atoms. The molecular formula is C19H22FN3O5S. The summed E-state index contributed by atoms with van der Waals surface area (Å²) in [5.41, 5.74) is 0.395. The molecule has 0 unspecified atom stereocenters. The number of hydrogen-bond donors (Lipinski definition) is 0. The summed E-state index contributed by atoms with van der Waals surface area (Å²) in [5, 5.41) is 0. The molecule has 2 heterocycles. The predicted molar refractivity (Wildman–Crippen MR) is 105 cm³/mol. The first kappa shape index (κ1) is 21.2. The molecule has 0 saturated carbocycles. The zero-order valence-corrected chi connectivity index (χ0v) is 16.8. The van der Waals surface area contributed by atoms with Crippen molar-refractivity contribution in [1.29, 1.82) is 0 Å². The van der Waals surface area contributed by atoms with E-state index in [4.69, 9.17) is 4.74 Å². The van der Waals surface area contributed by atoms with Gasteiger partial charge in [0, 0.05) is 51.2 Å². The smallest absolute Gasteiger partial charge is 0.255 e. The number of rotatable bonds is 6. The quantitative estimate of drug-likeness (QED) is 0.683. The highest BCUT2D eigenvalue weighted by Crippen LogP contribution is 2.13. The van der Waals surface area contributed by atoms with Crippen LogP contribution >= 0.6 is 0 Å². The molecule has 8 nitrogen and oxygen atoms in total. The Morgan fingerprint density at radius 3 is 2.34 bits per heavy atom. The third-order valence-corrected chi connectivity index (χ3v) is 6.56. The highest BCUT2D eigenvalue weighted by Gasteiger charge is 2.29. The maximum absolute atomic E-state index is 13.1. The Morgan fingerprint density at radius 1 is 1.07 bits per heavy atom. The van der Waals surface area contributed by atoms with E-state index < -0.39 is 15.8 Å². The fourth-order valence-corrected chi connectivity index (χ4v) is 4.44. The molecule has 0 radical (unpaired) electrons. The summed E-state index contributed by atoms with van der Waals surface area (Å²) >= 11 is 0. The third kappa shape index (κ3) is 4.89. The molecule has 0 N–H and O–H groups in total. The van der Waals surface area contributed by atoms with Crippen LogP contribution in [0.5, 0.6) is 0 Å². The second kappa shape index (κ2) is 8.85. The number of nitrogens with zero attached hydrogens (tertiary/aromatic N) is 3. The van der Waals surface area contributed by atoms with Gasteiger partial charge in [0.2, 0.25) is 10.0 Å². The highest BCUT2D eigenvalue weighted by molar-refractivity contribution is 7.89. The summed E-state index contributed by atoms with van der Waals surface area (Å²) in [6, 6.07) is 8.09. The molecule has 0 aliphatic carbocycles. The van der Waals surface area contributed by atoms with Crippen molar-refractivity contribution in [1.82, 2.24) is 13.8 Å². The minimum absolute atomic E-state index is 0.0971. The van der Waals surface area contributed by atoms with Crippen molar-refractivity contribution < 1.29 is 22.3 Å². The van der Waals surface area contributed by atoms with Crippen molar-refractivity contribution in [2.45, 2.75) is 0 Å². The highest BCUT2D eigenvalue weighted by atomic mass is 32.2. The van der Waals surface area contributed by atoms with E-state index >= 15 is 0 Å². The number of aromatic nitrogens is 1. The molecule has 10 heteroatoms. The number of pyridine rings is 1.